The number of ether oxygens (including phenoxy) is 1. The summed E-state index contributed by atoms with van der Waals surface area (Å²) < 4.78 is 4.89. The highest BCUT2D eigenvalue weighted by molar-refractivity contribution is 6.33. The van der Waals surface area contributed by atoms with Gasteiger partial charge in [-0.1, -0.05) is 11.6 Å². The first-order chi connectivity index (χ1) is 6.11. The largest absolute Gasteiger partial charge is 0.503 e. The molecule has 0 aliphatic rings. The fraction of sp³-hybridized carbons (Fsp3) is 0.333. The van der Waals surface area contributed by atoms with Gasteiger partial charge in [0.25, 0.3) is 0 Å². The van der Waals surface area contributed by atoms with Crippen molar-refractivity contribution in [2.24, 2.45) is 0 Å². The molecule has 0 unspecified atom stereocenters. The average molecular weight is 203 g/mol. The van der Waals surface area contributed by atoms with E-state index < -0.39 is 0 Å². The molecule has 0 amide bonds. The minimum Gasteiger partial charge on any atom is -0.503 e. The lowest BCUT2D eigenvalue weighted by Crippen LogP contribution is -1.93. The predicted molar refractivity (Wildman–Crippen MR) is 50.3 cm³/mol. The van der Waals surface area contributed by atoms with Gasteiger partial charge in [0, 0.05) is 5.56 Å². The van der Waals surface area contributed by atoms with Crippen LogP contribution in [0, 0.1) is 6.92 Å². The Morgan fingerprint density at radius 2 is 2.15 bits per heavy atom. The Morgan fingerprint density at radius 3 is 2.62 bits per heavy atom. The van der Waals surface area contributed by atoms with Crippen molar-refractivity contribution in [2.75, 3.05) is 7.11 Å². The maximum atomic E-state index is 9.47. The molecule has 0 aromatic heterocycles. The minimum atomic E-state index is -0.192. The van der Waals surface area contributed by atoms with Gasteiger partial charge in [-0.3, -0.25) is 0 Å². The third-order valence-electron chi connectivity index (χ3n) is 1.91. The van der Waals surface area contributed by atoms with Gasteiger partial charge in [-0.25, -0.2) is 0 Å². The molecule has 0 bridgehead atoms. The Morgan fingerprint density at radius 1 is 1.54 bits per heavy atom. The van der Waals surface area contributed by atoms with Gasteiger partial charge in [0.1, 0.15) is 0 Å². The third kappa shape index (κ3) is 1.71. The number of rotatable bonds is 2. The Balaban J connectivity index is 3.37. The summed E-state index contributed by atoms with van der Waals surface area (Å²) in [4.78, 5) is 0. The van der Waals surface area contributed by atoms with Crippen LogP contribution in [0.1, 0.15) is 11.1 Å². The molecule has 2 N–H and O–H groups in total. The zero-order valence-electron chi connectivity index (χ0n) is 7.47. The molecule has 3 nitrogen and oxygen atoms in total. The van der Waals surface area contributed by atoms with Crippen LogP contribution in [0.25, 0.3) is 0 Å². The van der Waals surface area contributed by atoms with E-state index in [0.29, 0.717) is 11.3 Å². The number of aliphatic hydroxyl groups excluding tert-OH is 1. The molecule has 0 aliphatic carbocycles. The van der Waals surface area contributed by atoms with Crippen LogP contribution in [0.15, 0.2) is 6.07 Å². The van der Waals surface area contributed by atoms with E-state index in [1.807, 2.05) is 0 Å². The second-order valence-corrected chi connectivity index (χ2v) is 3.07. The molecule has 0 spiro atoms. The second kappa shape index (κ2) is 3.85. The van der Waals surface area contributed by atoms with Gasteiger partial charge >= 0.3 is 0 Å². The van der Waals surface area contributed by atoms with Gasteiger partial charge in [0.15, 0.2) is 11.5 Å². The molecule has 1 rings (SSSR count). The van der Waals surface area contributed by atoms with E-state index in [1.54, 1.807) is 13.0 Å². The van der Waals surface area contributed by atoms with Crippen molar-refractivity contribution in [1.82, 2.24) is 0 Å². The number of aliphatic hydroxyl groups is 1. The zero-order valence-corrected chi connectivity index (χ0v) is 8.22. The monoisotopic (exact) mass is 202 g/mol. The number of halogens is 1. The van der Waals surface area contributed by atoms with Crippen molar-refractivity contribution in [1.29, 1.82) is 0 Å². The minimum absolute atomic E-state index is 0.126. The number of hydrogen-bond donors (Lipinski definition) is 2. The van der Waals surface area contributed by atoms with Crippen molar-refractivity contribution in [2.45, 2.75) is 13.5 Å². The number of aromatic hydroxyl groups is 1. The molecule has 0 radical (unpaired) electrons. The molecule has 13 heavy (non-hydrogen) atoms. The van der Waals surface area contributed by atoms with Crippen LogP contribution in [0.3, 0.4) is 0 Å². The first kappa shape index (κ1) is 10.2. The summed E-state index contributed by atoms with van der Waals surface area (Å²) in [6.45, 7) is 1.60. The number of phenolic OH excluding ortho intramolecular Hbond substituents is 1. The van der Waals surface area contributed by atoms with Gasteiger partial charge in [0.05, 0.1) is 18.7 Å². The number of methoxy groups -OCH3 is 1. The van der Waals surface area contributed by atoms with Gasteiger partial charge in [-0.15, -0.1) is 0 Å². The first-order valence-electron chi connectivity index (χ1n) is 3.77. The van der Waals surface area contributed by atoms with Crippen LogP contribution in [-0.4, -0.2) is 17.3 Å². The molecule has 0 heterocycles. The van der Waals surface area contributed by atoms with E-state index in [1.165, 1.54) is 7.11 Å². The normalized spacial score (nSPS) is 10.2. The summed E-state index contributed by atoms with van der Waals surface area (Å²) in [7, 11) is 1.45. The van der Waals surface area contributed by atoms with Crippen LogP contribution >= 0.6 is 11.6 Å². The van der Waals surface area contributed by atoms with Crippen molar-refractivity contribution < 1.29 is 14.9 Å². The summed E-state index contributed by atoms with van der Waals surface area (Å²) in [6, 6.07) is 1.63. The van der Waals surface area contributed by atoms with Crippen LogP contribution < -0.4 is 4.74 Å². The van der Waals surface area contributed by atoms with Crippen LogP contribution in [0.4, 0.5) is 0 Å². The quantitative estimate of drug-likeness (QED) is 0.770. The standard InChI is InChI=1S/C9H11ClO3/c1-5-3-7(13-2)9(12)8(10)6(5)4-11/h3,11-12H,4H2,1-2H3. The fourth-order valence-electron chi connectivity index (χ4n) is 1.13. The molecule has 4 heteroatoms. The molecule has 72 valence electrons. The van der Waals surface area contributed by atoms with Gasteiger partial charge in [-0.05, 0) is 18.6 Å². The van der Waals surface area contributed by atoms with Crippen LogP contribution in [0.5, 0.6) is 11.5 Å². The summed E-state index contributed by atoms with van der Waals surface area (Å²) in [5, 5.41) is 18.6. The van der Waals surface area contributed by atoms with E-state index in [4.69, 9.17) is 21.4 Å². The number of benzene rings is 1. The molecule has 0 fully saturated rings. The van der Waals surface area contributed by atoms with Crippen LogP contribution in [0.2, 0.25) is 5.02 Å². The Bertz CT molecular complexity index is 323. The lowest BCUT2D eigenvalue weighted by atomic mass is 10.1. The highest BCUT2D eigenvalue weighted by Crippen LogP contribution is 2.38. The Hall–Kier alpha value is -0.930. The molecular formula is C9H11ClO3. The average Bonchev–Trinajstić information content (AvgIpc) is 2.12. The Labute approximate surface area is 81.5 Å². The van der Waals surface area contributed by atoms with Crippen molar-refractivity contribution in [3.8, 4) is 11.5 Å². The number of hydrogen-bond acceptors (Lipinski definition) is 3. The summed E-state index contributed by atoms with van der Waals surface area (Å²) in [5.41, 5.74) is 1.32. The van der Waals surface area contributed by atoms with Crippen molar-refractivity contribution >= 4 is 11.6 Å². The van der Waals surface area contributed by atoms with E-state index in [-0.39, 0.29) is 17.4 Å². The van der Waals surface area contributed by atoms with Gasteiger partial charge in [0.2, 0.25) is 0 Å². The molecule has 1 aromatic rings. The van der Waals surface area contributed by atoms with E-state index in [9.17, 15) is 5.11 Å². The lowest BCUT2D eigenvalue weighted by Gasteiger charge is -2.10. The highest BCUT2D eigenvalue weighted by Gasteiger charge is 2.13. The number of phenols is 1. The summed E-state index contributed by atoms with van der Waals surface area (Å²) >= 11 is 5.79. The van der Waals surface area contributed by atoms with Crippen LogP contribution in [-0.2, 0) is 6.61 Å². The smallest absolute Gasteiger partial charge is 0.177 e. The molecule has 0 saturated heterocycles. The lowest BCUT2D eigenvalue weighted by molar-refractivity contribution is 0.280. The van der Waals surface area contributed by atoms with Crippen molar-refractivity contribution in [3.05, 3.63) is 22.2 Å². The number of aryl methyl sites for hydroxylation is 1. The third-order valence-corrected chi connectivity index (χ3v) is 2.32. The fourth-order valence-corrected chi connectivity index (χ4v) is 1.43. The summed E-state index contributed by atoms with van der Waals surface area (Å²) in [5.74, 6) is 0.193. The van der Waals surface area contributed by atoms with Gasteiger partial charge in [-0.2, -0.15) is 0 Å². The predicted octanol–water partition coefficient (Wildman–Crippen LogP) is 1.85. The van der Waals surface area contributed by atoms with Gasteiger partial charge < -0.3 is 14.9 Å². The molecule has 1 aromatic carbocycles. The molecule has 0 atom stereocenters. The maximum absolute atomic E-state index is 9.47. The van der Waals surface area contributed by atoms with E-state index in [2.05, 4.69) is 0 Å². The van der Waals surface area contributed by atoms with E-state index >= 15 is 0 Å². The highest BCUT2D eigenvalue weighted by atomic mass is 35.5. The SMILES string of the molecule is COc1cc(C)c(CO)c(Cl)c1O. The molecular weight excluding hydrogens is 192 g/mol. The maximum Gasteiger partial charge on any atom is 0.177 e. The molecule has 0 aliphatic heterocycles. The first-order valence-corrected chi connectivity index (χ1v) is 4.15. The van der Waals surface area contributed by atoms with E-state index in [0.717, 1.165) is 5.56 Å². The molecule has 0 saturated carbocycles. The van der Waals surface area contributed by atoms with Crippen molar-refractivity contribution in [3.63, 3.8) is 0 Å². The zero-order chi connectivity index (χ0) is 10.0. The summed E-state index contributed by atoms with van der Waals surface area (Å²) in [6.07, 6.45) is 0. The topological polar surface area (TPSA) is 49.7 Å². The second-order valence-electron chi connectivity index (χ2n) is 2.69. The Kier molecular flexibility index (Phi) is 3.01.